The number of methoxy groups -OCH3 is 1. The maximum atomic E-state index is 12.7. The van der Waals surface area contributed by atoms with Gasteiger partial charge >= 0.3 is 0 Å². The van der Waals surface area contributed by atoms with Gasteiger partial charge < -0.3 is 10.1 Å². The zero-order valence-electron chi connectivity index (χ0n) is 16.2. The zero-order valence-corrected chi connectivity index (χ0v) is 17.8. The van der Waals surface area contributed by atoms with Crippen molar-refractivity contribution in [3.8, 4) is 5.75 Å². The van der Waals surface area contributed by atoms with Gasteiger partial charge in [-0.25, -0.2) is 9.67 Å². The number of halogens is 2. The summed E-state index contributed by atoms with van der Waals surface area (Å²) in [6, 6.07) is 12.1. The van der Waals surface area contributed by atoms with Gasteiger partial charge in [-0.2, -0.15) is 0 Å². The second-order valence-corrected chi connectivity index (χ2v) is 7.46. The molecule has 0 spiro atoms. The minimum atomic E-state index is -0.463. The number of rotatable bonds is 6. The van der Waals surface area contributed by atoms with E-state index in [0.29, 0.717) is 33.7 Å². The van der Waals surface area contributed by atoms with Crippen molar-refractivity contribution in [2.24, 2.45) is 0 Å². The van der Waals surface area contributed by atoms with Crippen LogP contribution in [0.3, 0.4) is 0 Å². The van der Waals surface area contributed by atoms with Crippen LogP contribution in [0.25, 0.3) is 11.2 Å². The summed E-state index contributed by atoms with van der Waals surface area (Å²) in [5.74, 6) is 0.0743. The predicted molar refractivity (Wildman–Crippen MR) is 117 cm³/mol. The number of ether oxygens (including phenoxy) is 1. The van der Waals surface area contributed by atoms with Crippen LogP contribution >= 0.6 is 23.2 Å². The van der Waals surface area contributed by atoms with E-state index in [0.717, 1.165) is 5.56 Å². The van der Waals surface area contributed by atoms with Crippen LogP contribution in [0, 0.1) is 0 Å². The molecule has 0 saturated carbocycles. The molecule has 0 radical (unpaired) electrons. The number of hydrogen-bond acceptors (Lipinski definition) is 6. The summed E-state index contributed by atoms with van der Waals surface area (Å²) >= 11 is 12.0. The van der Waals surface area contributed by atoms with Gasteiger partial charge in [0.05, 0.1) is 18.7 Å². The highest BCUT2D eigenvalue weighted by atomic mass is 35.5. The lowest BCUT2D eigenvalue weighted by atomic mass is 10.2. The number of nitrogens with zero attached hydrogens (tertiary/aromatic N) is 5. The van der Waals surface area contributed by atoms with E-state index >= 15 is 0 Å². The Morgan fingerprint density at radius 1 is 1.16 bits per heavy atom. The molecule has 2 aromatic carbocycles. The molecule has 0 aliphatic rings. The van der Waals surface area contributed by atoms with Gasteiger partial charge in [0.15, 0.2) is 11.2 Å². The van der Waals surface area contributed by atoms with Crippen LogP contribution in [0.4, 0.5) is 5.69 Å². The van der Waals surface area contributed by atoms with E-state index in [-0.39, 0.29) is 12.1 Å². The molecule has 0 aliphatic heterocycles. The lowest BCUT2D eigenvalue weighted by molar-refractivity contribution is -0.116. The molecule has 11 heteroatoms. The topological polar surface area (TPSA) is 104 Å². The fourth-order valence-electron chi connectivity index (χ4n) is 2.97. The summed E-state index contributed by atoms with van der Waals surface area (Å²) in [5.41, 5.74) is 1.36. The minimum Gasteiger partial charge on any atom is -0.495 e. The van der Waals surface area contributed by atoms with Gasteiger partial charge in [-0.05, 0) is 35.9 Å². The fourth-order valence-corrected chi connectivity index (χ4v) is 3.35. The molecular weight excluding hydrogens is 443 g/mol. The number of fused-ring (bicyclic) bond motifs is 1. The van der Waals surface area contributed by atoms with Crippen molar-refractivity contribution in [1.29, 1.82) is 0 Å². The molecule has 2 aromatic heterocycles. The largest absolute Gasteiger partial charge is 0.495 e. The second-order valence-electron chi connectivity index (χ2n) is 6.62. The molecule has 0 atom stereocenters. The highest BCUT2D eigenvalue weighted by molar-refractivity contribution is 6.32. The van der Waals surface area contributed by atoms with Crippen molar-refractivity contribution in [1.82, 2.24) is 24.5 Å². The van der Waals surface area contributed by atoms with E-state index in [1.165, 1.54) is 22.7 Å². The summed E-state index contributed by atoms with van der Waals surface area (Å²) in [6.45, 7) is 0.137. The van der Waals surface area contributed by atoms with Gasteiger partial charge in [0.1, 0.15) is 18.6 Å². The van der Waals surface area contributed by atoms with Crippen molar-refractivity contribution in [3.63, 3.8) is 0 Å². The molecule has 0 saturated heterocycles. The first-order chi connectivity index (χ1) is 14.9. The number of amides is 1. The van der Waals surface area contributed by atoms with E-state index in [9.17, 15) is 9.59 Å². The van der Waals surface area contributed by atoms with Gasteiger partial charge in [-0.3, -0.25) is 14.2 Å². The highest BCUT2D eigenvalue weighted by Crippen LogP contribution is 2.27. The quantitative estimate of drug-likeness (QED) is 0.476. The first kappa shape index (κ1) is 20.8. The maximum absolute atomic E-state index is 12.7. The average Bonchev–Trinajstić information content (AvgIpc) is 3.15. The molecule has 0 unspecified atom stereocenters. The molecule has 4 aromatic rings. The first-order valence-corrected chi connectivity index (χ1v) is 9.86. The maximum Gasteiger partial charge on any atom is 0.283 e. The van der Waals surface area contributed by atoms with Crippen LogP contribution < -0.4 is 15.6 Å². The number of nitrogens with one attached hydrogen (secondary N) is 1. The smallest absolute Gasteiger partial charge is 0.283 e. The monoisotopic (exact) mass is 458 g/mol. The van der Waals surface area contributed by atoms with Crippen LogP contribution in [-0.4, -0.2) is 37.6 Å². The lowest BCUT2D eigenvalue weighted by Gasteiger charge is -2.09. The third-order valence-corrected chi connectivity index (χ3v) is 5.03. The summed E-state index contributed by atoms with van der Waals surface area (Å²) < 4.78 is 7.77. The molecule has 9 nitrogen and oxygen atoms in total. The van der Waals surface area contributed by atoms with Crippen molar-refractivity contribution in [3.05, 3.63) is 74.8 Å². The Kier molecular flexibility index (Phi) is 5.88. The normalized spacial score (nSPS) is 10.9. The van der Waals surface area contributed by atoms with E-state index in [1.54, 1.807) is 30.3 Å². The standard InChI is InChI=1S/C20H16Cl2N6O3/c1-31-16-7-6-14(8-15(16)22)24-17(29)10-27-11-23-19-18(20(27)30)25-26-28(19)9-12-2-4-13(21)5-3-12/h2-8,11H,9-10H2,1H3,(H,24,29). The number of hydrogen-bond donors (Lipinski definition) is 1. The van der Waals surface area contributed by atoms with Crippen LogP contribution in [0.15, 0.2) is 53.6 Å². The fraction of sp³-hybridized carbons (Fsp3) is 0.150. The number of carbonyl (C=O) groups is 1. The SMILES string of the molecule is COc1ccc(NC(=O)Cn2cnc3c(nnn3Cc3ccc(Cl)cc3)c2=O)cc1Cl. The van der Waals surface area contributed by atoms with Gasteiger partial charge in [0.2, 0.25) is 5.91 Å². The summed E-state index contributed by atoms with van der Waals surface area (Å²) in [7, 11) is 1.50. The molecule has 0 bridgehead atoms. The van der Waals surface area contributed by atoms with Crippen LogP contribution in [0.2, 0.25) is 10.0 Å². The molecule has 0 fully saturated rings. The Morgan fingerprint density at radius 3 is 2.65 bits per heavy atom. The number of carbonyl (C=O) groups excluding carboxylic acids is 1. The number of aromatic nitrogens is 5. The third-order valence-electron chi connectivity index (χ3n) is 4.49. The Labute approximate surface area is 186 Å². The predicted octanol–water partition coefficient (Wildman–Crippen LogP) is 2.99. The van der Waals surface area contributed by atoms with Crippen LogP contribution in [-0.2, 0) is 17.9 Å². The average molecular weight is 459 g/mol. The molecule has 31 heavy (non-hydrogen) atoms. The summed E-state index contributed by atoms with van der Waals surface area (Å²) in [4.78, 5) is 29.4. The minimum absolute atomic E-state index is 0.0803. The van der Waals surface area contributed by atoms with E-state index in [2.05, 4.69) is 20.6 Å². The van der Waals surface area contributed by atoms with Gasteiger partial charge in [0.25, 0.3) is 5.56 Å². The van der Waals surface area contributed by atoms with Crippen molar-refractivity contribution in [2.75, 3.05) is 12.4 Å². The van der Waals surface area contributed by atoms with E-state index < -0.39 is 11.5 Å². The van der Waals surface area contributed by atoms with Crippen LogP contribution in [0.1, 0.15) is 5.56 Å². The lowest BCUT2D eigenvalue weighted by Crippen LogP contribution is -2.28. The third kappa shape index (κ3) is 4.52. The Hall–Kier alpha value is -3.43. The van der Waals surface area contributed by atoms with Gasteiger partial charge in [-0.1, -0.05) is 40.5 Å². The highest BCUT2D eigenvalue weighted by Gasteiger charge is 2.14. The van der Waals surface area contributed by atoms with Gasteiger partial charge in [-0.15, -0.1) is 5.10 Å². The Bertz CT molecular complexity index is 1320. The van der Waals surface area contributed by atoms with Crippen molar-refractivity contribution >= 4 is 46.0 Å². The van der Waals surface area contributed by atoms with Crippen molar-refractivity contribution in [2.45, 2.75) is 13.1 Å². The summed E-state index contributed by atoms with van der Waals surface area (Å²) in [5, 5.41) is 11.6. The molecule has 1 N–H and O–H groups in total. The molecular formula is C20H16Cl2N6O3. The zero-order chi connectivity index (χ0) is 22.0. The van der Waals surface area contributed by atoms with Crippen molar-refractivity contribution < 1.29 is 9.53 Å². The first-order valence-electron chi connectivity index (χ1n) is 9.11. The number of benzene rings is 2. The molecule has 0 aliphatic carbocycles. The Morgan fingerprint density at radius 2 is 1.94 bits per heavy atom. The Balaban J connectivity index is 1.51. The molecule has 4 rings (SSSR count). The summed E-state index contributed by atoms with van der Waals surface area (Å²) in [6.07, 6.45) is 1.30. The van der Waals surface area contributed by atoms with Crippen LogP contribution in [0.5, 0.6) is 5.75 Å². The molecule has 2 heterocycles. The molecule has 158 valence electrons. The van der Waals surface area contributed by atoms with Gasteiger partial charge in [0, 0.05) is 10.7 Å². The van der Waals surface area contributed by atoms with E-state index in [4.69, 9.17) is 27.9 Å². The van der Waals surface area contributed by atoms with E-state index in [1.807, 2.05) is 12.1 Å². The second kappa shape index (κ2) is 8.75. The number of anilines is 1. The molecule has 1 amide bonds.